The highest BCUT2D eigenvalue weighted by Gasteiger charge is 2.56. The highest BCUT2D eigenvalue weighted by molar-refractivity contribution is 5.20. The van der Waals surface area contributed by atoms with Crippen molar-refractivity contribution in [3.05, 3.63) is 12.2 Å². The van der Waals surface area contributed by atoms with Gasteiger partial charge in [-0.1, -0.05) is 6.08 Å². The van der Waals surface area contributed by atoms with Crippen molar-refractivity contribution in [2.24, 2.45) is 0 Å². The number of ether oxygens (including phenoxy) is 1. The molecule has 0 amide bonds. The molecule has 1 fully saturated rings. The fourth-order valence-electron chi connectivity index (χ4n) is 1.28. The molecule has 2 N–H and O–H groups in total. The molecule has 2 aliphatic heterocycles. The van der Waals surface area contributed by atoms with Crippen LogP contribution in [0, 0.1) is 0 Å². The van der Waals surface area contributed by atoms with E-state index in [-0.39, 0.29) is 0 Å². The Balaban J connectivity index is 2.35. The van der Waals surface area contributed by atoms with E-state index in [4.69, 9.17) is 10.2 Å². The zero-order valence-electron chi connectivity index (χ0n) is 5.07. The Hall–Kier alpha value is -0.450. The lowest BCUT2D eigenvalue weighted by Crippen LogP contribution is -2.39. The van der Waals surface area contributed by atoms with E-state index in [1.54, 1.807) is 0 Å². The summed E-state index contributed by atoms with van der Waals surface area (Å²) < 4.78 is 17.6. The molecule has 2 bridgehead atoms. The van der Waals surface area contributed by atoms with Crippen LogP contribution in [0.3, 0.4) is 0 Å². The molecule has 10 heavy (non-hydrogen) atoms. The average Bonchev–Trinajstić information content (AvgIpc) is 2.35. The minimum atomic E-state index is -2.13. The van der Waals surface area contributed by atoms with Crippen molar-refractivity contribution in [2.75, 3.05) is 0 Å². The molecule has 4 heteroatoms. The maximum absolute atomic E-state index is 13.0. The highest BCUT2D eigenvalue weighted by atomic mass is 19.2. The summed E-state index contributed by atoms with van der Waals surface area (Å²) in [5.41, 5.74) is 0. The van der Waals surface area contributed by atoms with E-state index in [2.05, 4.69) is 4.74 Å². The van der Waals surface area contributed by atoms with Crippen LogP contribution < -0.4 is 0 Å². The quantitative estimate of drug-likeness (QED) is 0.446. The summed E-state index contributed by atoms with van der Waals surface area (Å²) in [6, 6.07) is 0. The molecule has 2 aliphatic rings. The minimum absolute atomic E-state index is 0.667. The molecule has 0 aromatic carbocycles. The lowest BCUT2D eigenvalue weighted by Gasteiger charge is -2.18. The molecule has 0 aliphatic carbocycles. The number of aliphatic hydroxyl groups is 2. The van der Waals surface area contributed by atoms with Crippen molar-refractivity contribution in [3.8, 4) is 0 Å². The van der Waals surface area contributed by atoms with Gasteiger partial charge in [-0.05, 0) is 6.08 Å². The smallest absolute Gasteiger partial charge is 0.258 e. The minimum Gasteiger partial charge on any atom is -0.387 e. The first-order valence-corrected chi connectivity index (χ1v) is 3.06. The number of aliphatic hydroxyl groups excluding tert-OH is 2. The second-order valence-electron chi connectivity index (χ2n) is 2.57. The fourth-order valence-corrected chi connectivity index (χ4v) is 1.28. The summed E-state index contributed by atoms with van der Waals surface area (Å²) in [5.74, 6) is -2.13. The highest BCUT2D eigenvalue weighted by Crippen LogP contribution is 2.39. The Kier molecular flexibility index (Phi) is 0.993. The maximum Gasteiger partial charge on any atom is 0.258 e. The Labute approximate surface area is 56.7 Å². The second-order valence-corrected chi connectivity index (χ2v) is 2.57. The molecule has 0 aromatic heterocycles. The standard InChI is InChI=1S/C6H7FO3/c7-6-2-1-3(10-6)4(8)5(6)9/h1-5,8-9H/t3-,4-,5-,6+/m0/s1. The van der Waals surface area contributed by atoms with Gasteiger partial charge in [-0.15, -0.1) is 0 Å². The van der Waals surface area contributed by atoms with E-state index >= 15 is 0 Å². The SMILES string of the molecule is O[C@H]1[C@@H]2C=C[C@@](F)(O2)[C@H]1O. The van der Waals surface area contributed by atoms with Gasteiger partial charge in [0, 0.05) is 0 Å². The van der Waals surface area contributed by atoms with Crippen LogP contribution in [0.4, 0.5) is 4.39 Å². The summed E-state index contributed by atoms with van der Waals surface area (Å²) in [7, 11) is 0. The van der Waals surface area contributed by atoms with Gasteiger partial charge in [0.15, 0.2) is 0 Å². The molecule has 3 nitrogen and oxygen atoms in total. The maximum atomic E-state index is 13.0. The molecular formula is C6H7FO3. The van der Waals surface area contributed by atoms with E-state index in [0.717, 1.165) is 6.08 Å². The van der Waals surface area contributed by atoms with Crippen LogP contribution in [-0.2, 0) is 4.74 Å². The lowest BCUT2D eigenvalue weighted by atomic mass is 10.0. The van der Waals surface area contributed by atoms with Gasteiger partial charge >= 0.3 is 0 Å². The van der Waals surface area contributed by atoms with Crippen LogP contribution in [0.5, 0.6) is 0 Å². The zero-order valence-corrected chi connectivity index (χ0v) is 5.07. The zero-order chi connectivity index (χ0) is 7.35. The van der Waals surface area contributed by atoms with Gasteiger partial charge < -0.3 is 14.9 Å². The first-order chi connectivity index (χ1) is 4.63. The molecule has 0 radical (unpaired) electrons. The van der Waals surface area contributed by atoms with Gasteiger partial charge in [-0.3, -0.25) is 0 Å². The van der Waals surface area contributed by atoms with Gasteiger partial charge in [0.25, 0.3) is 5.85 Å². The Morgan fingerprint density at radius 3 is 2.50 bits per heavy atom. The number of halogens is 1. The topological polar surface area (TPSA) is 49.7 Å². The second kappa shape index (κ2) is 1.58. The van der Waals surface area contributed by atoms with Crippen molar-refractivity contribution in [1.82, 2.24) is 0 Å². The van der Waals surface area contributed by atoms with E-state index in [1.165, 1.54) is 6.08 Å². The molecule has 2 heterocycles. The van der Waals surface area contributed by atoms with Crippen molar-refractivity contribution < 1.29 is 19.3 Å². The number of hydrogen-bond donors (Lipinski definition) is 2. The summed E-state index contributed by atoms with van der Waals surface area (Å²) in [5, 5.41) is 17.9. The lowest BCUT2D eigenvalue weighted by molar-refractivity contribution is -0.119. The van der Waals surface area contributed by atoms with Crippen LogP contribution in [-0.4, -0.2) is 34.4 Å². The summed E-state index contributed by atoms with van der Waals surface area (Å²) in [6.07, 6.45) is -0.663. The molecule has 4 atom stereocenters. The molecule has 0 unspecified atom stereocenters. The average molecular weight is 146 g/mol. The van der Waals surface area contributed by atoms with Crippen LogP contribution >= 0.6 is 0 Å². The third-order valence-corrected chi connectivity index (χ3v) is 1.89. The van der Waals surface area contributed by atoms with Gasteiger partial charge in [-0.25, -0.2) is 4.39 Å². The molecule has 1 saturated heterocycles. The van der Waals surface area contributed by atoms with Crippen LogP contribution in [0.2, 0.25) is 0 Å². The number of alkyl halides is 1. The molecule has 0 spiro atoms. The summed E-state index contributed by atoms with van der Waals surface area (Å²) in [4.78, 5) is 0. The first-order valence-electron chi connectivity index (χ1n) is 3.06. The molecule has 0 aromatic rings. The van der Waals surface area contributed by atoms with Crippen molar-refractivity contribution >= 4 is 0 Å². The van der Waals surface area contributed by atoms with Gasteiger partial charge in [-0.2, -0.15) is 0 Å². The van der Waals surface area contributed by atoms with Crippen LogP contribution in [0.15, 0.2) is 12.2 Å². The molecule has 2 rings (SSSR count). The normalized spacial score (nSPS) is 58.1. The van der Waals surface area contributed by atoms with Gasteiger partial charge in [0.2, 0.25) is 0 Å². The van der Waals surface area contributed by atoms with E-state index in [9.17, 15) is 4.39 Å². The van der Waals surface area contributed by atoms with Crippen molar-refractivity contribution in [2.45, 2.75) is 24.2 Å². The first kappa shape index (κ1) is 6.27. The Morgan fingerprint density at radius 1 is 1.50 bits per heavy atom. The summed E-state index contributed by atoms with van der Waals surface area (Å²) >= 11 is 0. The predicted molar refractivity (Wildman–Crippen MR) is 29.9 cm³/mol. The van der Waals surface area contributed by atoms with Gasteiger partial charge in [0.1, 0.15) is 18.3 Å². The Morgan fingerprint density at radius 2 is 2.20 bits per heavy atom. The Bertz CT molecular complexity index is 193. The number of fused-ring (bicyclic) bond motifs is 2. The van der Waals surface area contributed by atoms with Crippen LogP contribution in [0.25, 0.3) is 0 Å². The third kappa shape index (κ3) is 0.537. The van der Waals surface area contributed by atoms with Crippen molar-refractivity contribution in [3.63, 3.8) is 0 Å². The van der Waals surface area contributed by atoms with Gasteiger partial charge in [0.05, 0.1) is 0 Å². The molecular weight excluding hydrogens is 139 g/mol. The van der Waals surface area contributed by atoms with E-state index in [1.807, 2.05) is 0 Å². The number of rotatable bonds is 0. The largest absolute Gasteiger partial charge is 0.387 e. The van der Waals surface area contributed by atoms with Crippen molar-refractivity contribution in [1.29, 1.82) is 0 Å². The monoisotopic (exact) mass is 146 g/mol. The summed E-state index contributed by atoms with van der Waals surface area (Å²) in [6.45, 7) is 0. The molecule has 0 saturated carbocycles. The predicted octanol–water partition coefficient (Wildman–Crippen LogP) is -0.657. The third-order valence-electron chi connectivity index (χ3n) is 1.89. The van der Waals surface area contributed by atoms with E-state index in [0.29, 0.717) is 0 Å². The van der Waals surface area contributed by atoms with Crippen LogP contribution in [0.1, 0.15) is 0 Å². The number of hydrogen-bond acceptors (Lipinski definition) is 3. The van der Waals surface area contributed by atoms with E-state index < -0.39 is 24.2 Å². The molecule has 56 valence electrons. The fraction of sp³-hybridized carbons (Fsp3) is 0.667.